The maximum Gasteiger partial charge on any atom is 0.394 e. The molecule has 2 aromatic carbocycles. The van der Waals surface area contributed by atoms with Gasteiger partial charge in [0, 0.05) is 17.3 Å². The number of amides is 1. The number of phenols is 1. The molecule has 0 bridgehead atoms. The average Bonchev–Trinajstić information content (AvgIpc) is 2.72. The van der Waals surface area contributed by atoms with Gasteiger partial charge in [-0.05, 0) is 37.6 Å². The summed E-state index contributed by atoms with van der Waals surface area (Å²) in [6, 6.07) is 9.13. The summed E-state index contributed by atoms with van der Waals surface area (Å²) in [5.41, 5.74) is 0.959. The van der Waals surface area contributed by atoms with Gasteiger partial charge in [0.25, 0.3) is 0 Å². The van der Waals surface area contributed by atoms with Crippen molar-refractivity contribution in [2.24, 2.45) is 0 Å². The Morgan fingerprint density at radius 1 is 1.10 bits per heavy atom. The number of phenolic OH excluding ortho intramolecular Hbond substituents is 1. The number of carbonyl (C=O) groups excluding carboxylic acids is 2. The fourth-order valence-electron chi connectivity index (χ4n) is 2.80. The first-order valence-electron chi connectivity index (χ1n) is 9.66. The second kappa shape index (κ2) is 11.0. The number of carboxylic acid groups (broad SMARTS) is 1. The Kier molecular flexibility index (Phi) is 8.39. The summed E-state index contributed by atoms with van der Waals surface area (Å²) >= 11 is 0. The first kappa shape index (κ1) is 23.7. The lowest BCUT2D eigenvalue weighted by molar-refractivity contribution is -0.147. The number of hydrogen-bond acceptors (Lipinski definition) is 7. The van der Waals surface area contributed by atoms with Crippen LogP contribution >= 0.6 is 0 Å². The lowest BCUT2D eigenvalue weighted by Crippen LogP contribution is -2.25. The number of Topliss-reactive ketones (excluding diaryl/α,β-unsaturated/α-hetero) is 1. The van der Waals surface area contributed by atoms with Crippen LogP contribution in [-0.4, -0.2) is 52.3 Å². The summed E-state index contributed by atoms with van der Waals surface area (Å²) in [5, 5.41) is 31.4. The molecule has 0 spiro atoms. The summed E-state index contributed by atoms with van der Waals surface area (Å²) in [6.45, 7) is 3.05. The molecule has 0 saturated heterocycles. The molecule has 0 radical (unpaired) electrons. The van der Waals surface area contributed by atoms with E-state index in [0.29, 0.717) is 23.5 Å². The molecule has 1 atom stereocenters. The molecule has 0 aliphatic rings. The minimum atomic E-state index is -1.61. The van der Waals surface area contributed by atoms with E-state index in [4.69, 9.17) is 14.6 Å². The van der Waals surface area contributed by atoms with Crippen molar-refractivity contribution >= 4 is 23.3 Å². The Morgan fingerprint density at radius 2 is 1.81 bits per heavy atom. The molecule has 1 unspecified atom stereocenters. The van der Waals surface area contributed by atoms with Gasteiger partial charge < -0.3 is 30.1 Å². The summed E-state index contributed by atoms with van der Waals surface area (Å²) in [7, 11) is 0. The standard InChI is InChI=1S/C22H25NO8/c1-3-5-18-19(9-8-17(13(2)24)20(18)26)31-12-15(25)11-30-16-7-4-6-14(10-16)23-21(27)22(28)29/h4,6-10,15,25-26H,3,5,11-12H2,1-2H3,(H,23,27)(H,28,29). The van der Waals surface area contributed by atoms with Crippen LogP contribution in [0, 0.1) is 0 Å². The monoisotopic (exact) mass is 431 g/mol. The largest absolute Gasteiger partial charge is 0.507 e. The highest BCUT2D eigenvalue weighted by Crippen LogP contribution is 2.33. The molecule has 0 saturated carbocycles. The molecular formula is C22H25NO8. The number of rotatable bonds is 10. The molecule has 1 amide bonds. The molecule has 9 nitrogen and oxygen atoms in total. The highest BCUT2D eigenvalue weighted by atomic mass is 16.5. The topological polar surface area (TPSA) is 142 Å². The molecule has 0 aliphatic carbocycles. The van der Waals surface area contributed by atoms with Crippen molar-refractivity contribution < 1.29 is 39.2 Å². The zero-order valence-corrected chi connectivity index (χ0v) is 17.3. The predicted molar refractivity (Wildman–Crippen MR) is 112 cm³/mol. The van der Waals surface area contributed by atoms with Gasteiger partial charge in [0.1, 0.15) is 36.6 Å². The Morgan fingerprint density at radius 3 is 2.45 bits per heavy atom. The average molecular weight is 431 g/mol. The number of aromatic hydroxyl groups is 1. The van der Waals surface area contributed by atoms with Crippen LogP contribution in [0.2, 0.25) is 0 Å². The maximum absolute atomic E-state index is 11.6. The normalized spacial score (nSPS) is 11.5. The van der Waals surface area contributed by atoms with E-state index < -0.39 is 18.0 Å². The van der Waals surface area contributed by atoms with Crippen molar-refractivity contribution in [1.82, 2.24) is 0 Å². The molecular weight excluding hydrogens is 406 g/mol. The van der Waals surface area contributed by atoms with E-state index in [9.17, 15) is 24.6 Å². The van der Waals surface area contributed by atoms with Crippen LogP contribution in [-0.2, 0) is 16.0 Å². The van der Waals surface area contributed by atoms with Crippen molar-refractivity contribution in [3.8, 4) is 17.2 Å². The molecule has 9 heteroatoms. The van der Waals surface area contributed by atoms with Gasteiger partial charge in [0.2, 0.25) is 0 Å². The minimum Gasteiger partial charge on any atom is -0.507 e. The first-order valence-corrected chi connectivity index (χ1v) is 9.66. The van der Waals surface area contributed by atoms with Crippen molar-refractivity contribution in [3.63, 3.8) is 0 Å². The fourth-order valence-corrected chi connectivity index (χ4v) is 2.80. The number of anilines is 1. The molecule has 166 valence electrons. The van der Waals surface area contributed by atoms with Gasteiger partial charge in [-0.3, -0.25) is 9.59 Å². The quantitative estimate of drug-likeness (QED) is 0.332. The minimum absolute atomic E-state index is 0.113. The zero-order valence-electron chi connectivity index (χ0n) is 17.3. The predicted octanol–water partition coefficient (Wildman–Crippen LogP) is 2.39. The molecule has 31 heavy (non-hydrogen) atoms. The van der Waals surface area contributed by atoms with Crippen molar-refractivity contribution in [2.45, 2.75) is 32.8 Å². The van der Waals surface area contributed by atoms with Crippen LogP contribution in [0.4, 0.5) is 5.69 Å². The Labute approximate surface area is 179 Å². The van der Waals surface area contributed by atoms with Gasteiger partial charge in [0.05, 0.1) is 5.56 Å². The SMILES string of the molecule is CCCc1c(OCC(O)COc2cccc(NC(=O)C(=O)O)c2)ccc(C(C)=O)c1O. The smallest absolute Gasteiger partial charge is 0.394 e. The maximum atomic E-state index is 11.6. The second-order valence-corrected chi connectivity index (χ2v) is 6.81. The van der Waals surface area contributed by atoms with Crippen LogP contribution in [0.25, 0.3) is 0 Å². The molecule has 0 heterocycles. The van der Waals surface area contributed by atoms with Crippen LogP contribution in [0.15, 0.2) is 36.4 Å². The lowest BCUT2D eigenvalue weighted by Gasteiger charge is -2.17. The van der Waals surface area contributed by atoms with Gasteiger partial charge in [-0.1, -0.05) is 19.4 Å². The number of carboxylic acids is 1. The van der Waals surface area contributed by atoms with Gasteiger partial charge in [-0.2, -0.15) is 0 Å². The number of benzene rings is 2. The molecule has 2 rings (SSSR count). The highest BCUT2D eigenvalue weighted by molar-refractivity contribution is 6.36. The molecule has 4 N–H and O–H groups in total. The summed E-state index contributed by atoms with van der Waals surface area (Å²) in [4.78, 5) is 33.5. The van der Waals surface area contributed by atoms with E-state index in [1.165, 1.54) is 25.1 Å². The molecule has 2 aromatic rings. The van der Waals surface area contributed by atoms with Crippen LogP contribution < -0.4 is 14.8 Å². The molecule has 0 aliphatic heterocycles. The summed E-state index contributed by atoms with van der Waals surface area (Å²) in [6.07, 6.45) is 0.219. The number of ketones is 1. The third-order valence-electron chi connectivity index (χ3n) is 4.28. The fraction of sp³-hybridized carbons (Fsp3) is 0.318. The van der Waals surface area contributed by atoms with Gasteiger partial charge >= 0.3 is 11.9 Å². The Hall–Kier alpha value is -3.59. The number of aliphatic hydroxyl groups excluding tert-OH is 1. The van der Waals surface area contributed by atoms with Gasteiger partial charge in [0.15, 0.2) is 5.78 Å². The first-order chi connectivity index (χ1) is 14.7. The number of carbonyl (C=O) groups is 3. The van der Waals surface area contributed by atoms with E-state index in [1.807, 2.05) is 6.92 Å². The number of hydrogen-bond donors (Lipinski definition) is 4. The van der Waals surface area contributed by atoms with Crippen LogP contribution in [0.1, 0.15) is 36.2 Å². The van der Waals surface area contributed by atoms with Gasteiger partial charge in [-0.25, -0.2) is 4.79 Å². The van der Waals surface area contributed by atoms with Crippen molar-refractivity contribution in [3.05, 3.63) is 47.5 Å². The Balaban J connectivity index is 1.96. The van der Waals surface area contributed by atoms with E-state index in [1.54, 1.807) is 18.2 Å². The van der Waals surface area contributed by atoms with E-state index >= 15 is 0 Å². The molecule has 0 fully saturated rings. The number of nitrogens with one attached hydrogen (secondary N) is 1. The third kappa shape index (κ3) is 6.71. The summed E-state index contributed by atoms with van der Waals surface area (Å²) in [5.74, 6) is -2.45. The summed E-state index contributed by atoms with van der Waals surface area (Å²) < 4.78 is 11.1. The van der Waals surface area contributed by atoms with Crippen LogP contribution in [0.5, 0.6) is 17.2 Å². The lowest BCUT2D eigenvalue weighted by atomic mass is 10.0. The van der Waals surface area contributed by atoms with E-state index in [2.05, 4.69) is 5.32 Å². The van der Waals surface area contributed by atoms with E-state index in [-0.39, 0.29) is 36.0 Å². The third-order valence-corrected chi connectivity index (χ3v) is 4.28. The van der Waals surface area contributed by atoms with Crippen molar-refractivity contribution in [2.75, 3.05) is 18.5 Å². The van der Waals surface area contributed by atoms with Gasteiger partial charge in [-0.15, -0.1) is 0 Å². The van der Waals surface area contributed by atoms with Crippen molar-refractivity contribution in [1.29, 1.82) is 0 Å². The van der Waals surface area contributed by atoms with E-state index in [0.717, 1.165) is 6.42 Å². The number of aliphatic carboxylic acids is 1. The zero-order chi connectivity index (χ0) is 23.0. The Bertz CT molecular complexity index is 957. The molecule has 0 aromatic heterocycles. The highest BCUT2D eigenvalue weighted by Gasteiger charge is 2.17. The second-order valence-electron chi connectivity index (χ2n) is 6.81. The van der Waals surface area contributed by atoms with Crippen LogP contribution in [0.3, 0.4) is 0 Å². The number of ether oxygens (including phenoxy) is 2. The number of aliphatic hydroxyl groups is 1.